The quantitative estimate of drug-likeness (QED) is 0.860. The van der Waals surface area contributed by atoms with Crippen LogP contribution in [0.15, 0.2) is 48.5 Å². The van der Waals surface area contributed by atoms with Crippen LogP contribution in [0.3, 0.4) is 0 Å². The number of halogens is 1. The van der Waals surface area contributed by atoms with Gasteiger partial charge in [0.2, 0.25) is 0 Å². The monoisotopic (exact) mass is 284 g/mol. The summed E-state index contributed by atoms with van der Waals surface area (Å²) in [6.45, 7) is 1.92. The first-order valence-electron chi connectivity index (χ1n) is 7.72. The van der Waals surface area contributed by atoms with E-state index in [1.807, 2.05) is 19.1 Å². The molecule has 21 heavy (non-hydrogen) atoms. The highest BCUT2D eigenvalue weighted by atomic mass is 19.1. The molecule has 1 saturated carbocycles. The molecule has 0 aromatic heterocycles. The van der Waals surface area contributed by atoms with E-state index in [0.29, 0.717) is 17.9 Å². The van der Waals surface area contributed by atoms with Crippen LogP contribution in [0.2, 0.25) is 0 Å². The predicted molar refractivity (Wildman–Crippen MR) is 82.7 cm³/mol. The van der Waals surface area contributed by atoms with Gasteiger partial charge in [-0.15, -0.1) is 0 Å². The molecule has 2 heteroatoms. The molecule has 110 valence electrons. The lowest BCUT2D eigenvalue weighted by atomic mass is 9.78. The van der Waals surface area contributed by atoms with Gasteiger partial charge in [0, 0.05) is 0 Å². The van der Waals surface area contributed by atoms with Crippen LogP contribution in [0.25, 0.3) is 0 Å². The predicted octanol–water partition coefficient (Wildman–Crippen LogP) is 4.74. The van der Waals surface area contributed by atoms with Crippen LogP contribution in [-0.2, 0) is 5.60 Å². The fourth-order valence-corrected chi connectivity index (χ4v) is 3.09. The first-order valence-corrected chi connectivity index (χ1v) is 7.72. The molecular formula is C19H21FO. The Hall–Kier alpha value is -1.67. The molecule has 1 unspecified atom stereocenters. The molecule has 0 heterocycles. The van der Waals surface area contributed by atoms with Crippen molar-refractivity contribution >= 4 is 0 Å². The molecule has 0 saturated heterocycles. The first kappa shape index (κ1) is 14.3. The smallest absolute Gasteiger partial charge is 0.123 e. The first-order chi connectivity index (χ1) is 10.1. The van der Waals surface area contributed by atoms with Crippen molar-refractivity contribution in [3.63, 3.8) is 0 Å². The van der Waals surface area contributed by atoms with Crippen LogP contribution in [0.4, 0.5) is 4.39 Å². The Balaban J connectivity index is 1.94. The molecule has 1 N–H and O–H groups in total. The molecule has 0 aliphatic heterocycles. The highest BCUT2D eigenvalue weighted by molar-refractivity contribution is 5.38. The molecule has 0 bridgehead atoms. The molecule has 1 nitrogen and oxygen atoms in total. The third-order valence-corrected chi connectivity index (χ3v) is 4.78. The summed E-state index contributed by atoms with van der Waals surface area (Å²) >= 11 is 0. The highest BCUT2D eigenvalue weighted by Gasteiger charge is 2.30. The van der Waals surface area contributed by atoms with E-state index in [1.54, 1.807) is 12.1 Å². The Morgan fingerprint density at radius 3 is 2.33 bits per heavy atom. The van der Waals surface area contributed by atoms with Crippen molar-refractivity contribution in [3.05, 3.63) is 71.0 Å². The number of hydrogen-bond donors (Lipinski definition) is 1. The van der Waals surface area contributed by atoms with Crippen molar-refractivity contribution in [2.24, 2.45) is 0 Å². The molecule has 0 amide bonds. The lowest BCUT2D eigenvalue weighted by molar-refractivity contribution is 0.0761. The van der Waals surface area contributed by atoms with Crippen LogP contribution < -0.4 is 0 Å². The van der Waals surface area contributed by atoms with E-state index in [0.717, 1.165) is 5.56 Å². The van der Waals surface area contributed by atoms with E-state index in [4.69, 9.17) is 0 Å². The van der Waals surface area contributed by atoms with Crippen molar-refractivity contribution in [2.45, 2.75) is 44.1 Å². The number of aliphatic hydroxyl groups is 1. The van der Waals surface area contributed by atoms with E-state index in [2.05, 4.69) is 12.1 Å². The molecule has 0 spiro atoms. The summed E-state index contributed by atoms with van der Waals surface area (Å²) in [5.74, 6) is 0.369. The van der Waals surface area contributed by atoms with Crippen molar-refractivity contribution in [2.75, 3.05) is 0 Å². The molecule has 1 atom stereocenters. The molecule has 1 aliphatic carbocycles. The zero-order valence-corrected chi connectivity index (χ0v) is 12.3. The second-order valence-electron chi connectivity index (χ2n) is 5.97. The Morgan fingerprint density at radius 1 is 1.10 bits per heavy atom. The maximum absolute atomic E-state index is 13.5. The standard InChI is InChI=1S/C19H21FO/c1-2-19(21,17-7-4-8-18(20)13-17)16-11-9-15(10-12-16)14-5-3-6-14/h4,7-14,21H,2-3,5-6H2,1H3. The Bertz CT molecular complexity index is 616. The summed E-state index contributed by atoms with van der Waals surface area (Å²) in [5.41, 5.74) is 1.67. The van der Waals surface area contributed by atoms with Gasteiger partial charge in [-0.05, 0) is 54.0 Å². The topological polar surface area (TPSA) is 20.2 Å². The lowest BCUT2D eigenvalue weighted by Crippen LogP contribution is -2.26. The number of rotatable bonds is 4. The van der Waals surface area contributed by atoms with E-state index in [-0.39, 0.29) is 5.82 Å². The third-order valence-electron chi connectivity index (χ3n) is 4.78. The molecule has 3 rings (SSSR count). The van der Waals surface area contributed by atoms with Gasteiger partial charge in [-0.1, -0.05) is 49.7 Å². The second kappa shape index (κ2) is 5.61. The average Bonchev–Trinajstić information content (AvgIpc) is 2.45. The summed E-state index contributed by atoms with van der Waals surface area (Å²) in [6, 6.07) is 14.4. The summed E-state index contributed by atoms with van der Waals surface area (Å²) in [4.78, 5) is 0. The normalized spacial score (nSPS) is 18.0. The van der Waals surface area contributed by atoms with E-state index in [1.165, 1.54) is 37.0 Å². The van der Waals surface area contributed by atoms with Crippen molar-refractivity contribution in [3.8, 4) is 0 Å². The zero-order valence-electron chi connectivity index (χ0n) is 12.3. The van der Waals surface area contributed by atoms with Crippen LogP contribution in [0, 0.1) is 5.82 Å². The van der Waals surface area contributed by atoms with Crippen LogP contribution >= 0.6 is 0 Å². The van der Waals surface area contributed by atoms with Gasteiger partial charge >= 0.3 is 0 Å². The minimum Gasteiger partial charge on any atom is -0.380 e. The van der Waals surface area contributed by atoms with E-state index in [9.17, 15) is 9.50 Å². The maximum Gasteiger partial charge on any atom is 0.123 e. The fraction of sp³-hybridized carbons (Fsp3) is 0.368. The SMILES string of the molecule is CCC(O)(c1ccc(C2CCC2)cc1)c1cccc(F)c1. The molecular weight excluding hydrogens is 263 g/mol. The van der Waals surface area contributed by atoms with Crippen LogP contribution in [-0.4, -0.2) is 5.11 Å². The van der Waals surface area contributed by atoms with Gasteiger partial charge in [0.05, 0.1) is 0 Å². The Labute approximate surface area is 125 Å². The molecule has 0 radical (unpaired) electrons. The van der Waals surface area contributed by atoms with E-state index < -0.39 is 5.60 Å². The molecule has 1 fully saturated rings. The molecule has 2 aromatic rings. The number of hydrogen-bond acceptors (Lipinski definition) is 1. The molecule has 1 aliphatic rings. The van der Waals surface area contributed by atoms with Gasteiger partial charge in [0.1, 0.15) is 11.4 Å². The van der Waals surface area contributed by atoms with Gasteiger partial charge < -0.3 is 5.11 Å². The van der Waals surface area contributed by atoms with Crippen molar-refractivity contribution in [1.82, 2.24) is 0 Å². The minimum atomic E-state index is -1.12. The number of benzene rings is 2. The van der Waals surface area contributed by atoms with Crippen molar-refractivity contribution < 1.29 is 9.50 Å². The van der Waals surface area contributed by atoms with Gasteiger partial charge in [-0.25, -0.2) is 4.39 Å². The summed E-state index contributed by atoms with van der Waals surface area (Å²) in [7, 11) is 0. The van der Waals surface area contributed by atoms with Gasteiger partial charge in [0.25, 0.3) is 0 Å². The maximum atomic E-state index is 13.5. The minimum absolute atomic E-state index is 0.314. The van der Waals surface area contributed by atoms with Gasteiger partial charge in [-0.2, -0.15) is 0 Å². The summed E-state index contributed by atoms with van der Waals surface area (Å²) < 4.78 is 13.5. The largest absolute Gasteiger partial charge is 0.380 e. The van der Waals surface area contributed by atoms with Crippen LogP contribution in [0.1, 0.15) is 55.2 Å². The summed E-state index contributed by atoms with van der Waals surface area (Å²) in [6.07, 6.45) is 4.36. The highest BCUT2D eigenvalue weighted by Crippen LogP contribution is 2.38. The molecule has 2 aromatic carbocycles. The second-order valence-corrected chi connectivity index (χ2v) is 5.97. The van der Waals surface area contributed by atoms with Gasteiger partial charge in [-0.3, -0.25) is 0 Å². The third kappa shape index (κ3) is 2.60. The van der Waals surface area contributed by atoms with Gasteiger partial charge in [0.15, 0.2) is 0 Å². The summed E-state index contributed by atoms with van der Waals surface area (Å²) in [5, 5.41) is 11.0. The lowest BCUT2D eigenvalue weighted by Gasteiger charge is -2.30. The van der Waals surface area contributed by atoms with Crippen LogP contribution in [0.5, 0.6) is 0 Å². The zero-order chi connectivity index (χ0) is 14.9. The van der Waals surface area contributed by atoms with E-state index >= 15 is 0 Å². The average molecular weight is 284 g/mol. The Kier molecular flexibility index (Phi) is 3.81. The fourth-order valence-electron chi connectivity index (χ4n) is 3.09. The van der Waals surface area contributed by atoms with Crippen molar-refractivity contribution in [1.29, 1.82) is 0 Å². The Morgan fingerprint density at radius 2 is 1.81 bits per heavy atom.